The van der Waals surface area contributed by atoms with Crippen LogP contribution in [0, 0.1) is 0 Å². The largest absolute Gasteiger partial charge is 0.465 e. The molecule has 1 aromatic carbocycles. The molecule has 1 fully saturated rings. The fourth-order valence-corrected chi connectivity index (χ4v) is 2.35. The molecule has 1 heterocycles. The van der Waals surface area contributed by atoms with Crippen LogP contribution < -0.4 is 5.32 Å². The van der Waals surface area contributed by atoms with Crippen molar-refractivity contribution in [2.45, 2.75) is 6.92 Å². The lowest BCUT2D eigenvalue weighted by Crippen LogP contribution is -2.51. The Labute approximate surface area is 140 Å². The van der Waals surface area contributed by atoms with Crippen LogP contribution in [0.2, 0.25) is 0 Å². The predicted octanol–water partition coefficient (Wildman–Crippen LogP) is 1.78. The number of methoxy groups -OCH3 is 1. The molecular weight excluding hydrogens is 314 g/mol. The first kappa shape index (κ1) is 17.6. The number of piperazine rings is 1. The number of urea groups is 1. The molecule has 1 aromatic rings. The molecule has 3 amide bonds. The molecule has 0 atom stereocenters. The van der Waals surface area contributed by atoms with Crippen molar-refractivity contribution in [3.8, 4) is 0 Å². The molecule has 0 aliphatic carbocycles. The Kier molecular flexibility index (Phi) is 6.00. The summed E-state index contributed by atoms with van der Waals surface area (Å²) in [5, 5.41) is 2.74. The van der Waals surface area contributed by atoms with E-state index in [0.29, 0.717) is 44.0 Å². The van der Waals surface area contributed by atoms with Crippen LogP contribution in [-0.2, 0) is 9.47 Å². The number of amides is 3. The van der Waals surface area contributed by atoms with Gasteiger partial charge in [0.2, 0.25) is 0 Å². The van der Waals surface area contributed by atoms with E-state index in [9.17, 15) is 14.4 Å². The van der Waals surface area contributed by atoms with Crippen LogP contribution in [0.15, 0.2) is 24.3 Å². The van der Waals surface area contributed by atoms with Crippen molar-refractivity contribution in [1.82, 2.24) is 9.80 Å². The zero-order valence-electron chi connectivity index (χ0n) is 13.8. The third kappa shape index (κ3) is 4.37. The molecule has 1 saturated heterocycles. The second kappa shape index (κ2) is 8.19. The molecule has 2 rings (SSSR count). The molecule has 24 heavy (non-hydrogen) atoms. The number of benzene rings is 1. The maximum atomic E-state index is 12.3. The van der Waals surface area contributed by atoms with Crippen molar-refractivity contribution in [1.29, 1.82) is 0 Å². The summed E-state index contributed by atoms with van der Waals surface area (Å²) >= 11 is 0. The summed E-state index contributed by atoms with van der Waals surface area (Å²) in [7, 11) is 1.30. The second-order valence-corrected chi connectivity index (χ2v) is 5.18. The average molecular weight is 335 g/mol. The highest BCUT2D eigenvalue weighted by Crippen LogP contribution is 2.13. The number of rotatable bonds is 3. The number of nitrogens with zero attached hydrogens (tertiary/aromatic N) is 2. The fourth-order valence-electron chi connectivity index (χ4n) is 2.35. The van der Waals surface area contributed by atoms with Crippen molar-refractivity contribution < 1.29 is 23.9 Å². The van der Waals surface area contributed by atoms with E-state index in [1.807, 2.05) is 0 Å². The molecule has 8 heteroatoms. The van der Waals surface area contributed by atoms with Crippen LogP contribution in [-0.4, -0.2) is 67.8 Å². The second-order valence-electron chi connectivity index (χ2n) is 5.18. The van der Waals surface area contributed by atoms with Gasteiger partial charge < -0.3 is 24.6 Å². The molecule has 130 valence electrons. The van der Waals surface area contributed by atoms with Gasteiger partial charge in [-0.1, -0.05) is 6.07 Å². The Hall–Kier alpha value is -2.77. The number of nitrogens with one attached hydrogen (secondary N) is 1. The van der Waals surface area contributed by atoms with E-state index in [-0.39, 0.29) is 12.1 Å². The van der Waals surface area contributed by atoms with E-state index < -0.39 is 5.97 Å². The maximum absolute atomic E-state index is 12.3. The first-order valence-corrected chi connectivity index (χ1v) is 7.71. The van der Waals surface area contributed by atoms with Crippen molar-refractivity contribution in [2.24, 2.45) is 0 Å². The van der Waals surface area contributed by atoms with Gasteiger partial charge in [0.1, 0.15) is 0 Å². The smallest absolute Gasteiger partial charge is 0.409 e. The summed E-state index contributed by atoms with van der Waals surface area (Å²) in [5.41, 5.74) is 0.873. The molecule has 1 N–H and O–H groups in total. The summed E-state index contributed by atoms with van der Waals surface area (Å²) in [4.78, 5) is 38.6. The normalized spacial score (nSPS) is 14.1. The van der Waals surface area contributed by atoms with Gasteiger partial charge >= 0.3 is 18.1 Å². The molecule has 0 unspecified atom stereocenters. The highest BCUT2D eigenvalue weighted by molar-refractivity contribution is 5.94. The fraction of sp³-hybridized carbons (Fsp3) is 0.438. The van der Waals surface area contributed by atoms with Crippen LogP contribution >= 0.6 is 0 Å². The minimum atomic E-state index is -0.464. The number of esters is 1. The first-order chi connectivity index (χ1) is 11.5. The number of carbonyl (C=O) groups is 3. The minimum absolute atomic E-state index is 0.277. The highest BCUT2D eigenvalue weighted by Gasteiger charge is 2.24. The Balaban J connectivity index is 1.90. The monoisotopic (exact) mass is 335 g/mol. The average Bonchev–Trinajstić information content (AvgIpc) is 2.61. The van der Waals surface area contributed by atoms with Crippen LogP contribution in [0.3, 0.4) is 0 Å². The maximum Gasteiger partial charge on any atom is 0.409 e. The van der Waals surface area contributed by atoms with Gasteiger partial charge in [0.25, 0.3) is 0 Å². The molecule has 0 spiro atoms. The van der Waals surface area contributed by atoms with E-state index >= 15 is 0 Å². The lowest BCUT2D eigenvalue weighted by Gasteiger charge is -2.34. The van der Waals surface area contributed by atoms with E-state index in [4.69, 9.17) is 4.74 Å². The third-order valence-corrected chi connectivity index (χ3v) is 3.63. The van der Waals surface area contributed by atoms with Gasteiger partial charge in [-0.3, -0.25) is 0 Å². The van der Waals surface area contributed by atoms with E-state index in [1.54, 1.807) is 41.0 Å². The molecule has 0 bridgehead atoms. The lowest BCUT2D eigenvalue weighted by molar-refractivity contribution is 0.0600. The highest BCUT2D eigenvalue weighted by atomic mass is 16.6. The number of carbonyl (C=O) groups excluding carboxylic acids is 3. The van der Waals surface area contributed by atoms with Crippen LogP contribution in [0.4, 0.5) is 15.3 Å². The van der Waals surface area contributed by atoms with Gasteiger partial charge in [0.05, 0.1) is 19.3 Å². The van der Waals surface area contributed by atoms with Crippen molar-refractivity contribution in [2.75, 3.05) is 45.2 Å². The first-order valence-electron chi connectivity index (χ1n) is 7.71. The molecule has 1 aliphatic heterocycles. The molecule has 0 aromatic heterocycles. The van der Waals surface area contributed by atoms with Crippen molar-refractivity contribution in [3.63, 3.8) is 0 Å². The van der Waals surface area contributed by atoms with Gasteiger partial charge in [-0.05, 0) is 25.1 Å². The Morgan fingerprint density at radius 2 is 1.79 bits per heavy atom. The van der Waals surface area contributed by atoms with Gasteiger partial charge in [-0.15, -0.1) is 0 Å². The standard InChI is InChI=1S/C16H21N3O5/c1-3-24-16(22)19-9-7-18(8-10-19)15(21)17-13-6-4-5-12(11-13)14(20)23-2/h4-6,11H,3,7-10H2,1-2H3,(H,17,21). The van der Waals surface area contributed by atoms with Crippen LogP contribution in [0.1, 0.15) is 17.3 Å². The van der Waals surface area contributed by atoms with E-state index in [0.717, 1.165) is 0 Å². The molecule has 1 aliphatic rings. The van der Waals surface area contributed by atoms with E-state index in [1.165, 1.54) is 7.11 Å². The summed E-state index contributed by atoms with van der Waals surface area (Å²) in [6.07, 6.45) is -0.358. The van der Waals surface area contributed by atoms with Crippen LogP contribution in [0.25, 0.3) is 0 Å². The zero-order valence-corrected chi connectivity index (χ0v) is 13.8. The summed E-state index contributed by atoms with van der Waals surface area (Å²) in [5.74, 6) is -0.464. The summed E-state index contributed by atoms with van der Waals surface area (Å²) < 4.78 is 9.60. The molecular formula is C16H21N3O5. The van der Waals surface area contributed by atoms with Crippen LogP contribution in [0.5, 0.6) is 0 Å². The topological polar surface area (TPSA) is 88.2 Å². The van der Waals surface area contributed by atoms with Gasteiger partial charge in [0, 0.05) is 31.9 Å². The summed E-state index contributed by atoms with van der Waals surface area (Å²) in [6, 6.07) is 6.25. The zero-order chi connectivity index (χ0) is 17.5. The van der Waals surface area contributed by atoms with E-state index in [2.05, 4.69) is 10.1 Å². The number of anilines is 1. The Morgan fingerprint density at radius 3 is 2.42 bits per heavy atom. The molecule has 0 radical (unpaired) electrons. The molecule has 8 nitrogen and oxygen atoms in total. The van der Waals surface area contributed by atoms with Gasteiger partial charge in [-0.25, -0.2) is 14.4 Å². The third-order valence-electron chi connectivity index (χ3n) is 3.63. The SMILES string of the molecule is CCOC(=O)N1CCN(C(=O)Nc2cccc(C(=O)OC)c2)CC1. The lowest BCUT2D eigenvalue weighted by atomic mass is 10.2. The quantitative estimate of drug-likeness (QED) is 0.851. The minimum Gasteiger partial charge on any atom is -0.465 e. The Bertz CT molecular complexity index is 611. The van der Waals surface area contributed by atoms with Gasteiger partial charge in [0.15, 0.2) is 0 Å². The summed E-state index contributed by atoms with van der Waals surface area (Å²) in [6.45, 7) is 3.77. The van der Waals surface area contributed by atoms with Gasteiger partial charge in [-0.2, -0.15) is 0 Å². The number of hydrogen-bond donors (Lipinski definition) is 1. The Morgan fingerprint density at radius 1 is 1.12 bits per heavy atom. The number of hydrogen-bond acceptors (Lipinski definition) is 5. The van der Waals surface area contributed by atoms with Crippen molar-refractivity contribution >= 4 is 23.8 Å². The molecule has 0 saturated carbocycles. The van der Waals surface area contributed by atoms with Crippen molar-refractivity contribution in [3.05, 3.63) is 29.8 Å². The number of ether oxygens (including phenoxy) is 2. The predicted molar refractivity (Wildman–Crippen MR) is 87.0 cm³/mol.